The second kappa shape index (κ2) is 6.17. The molecule has 0 saturated carbocycles. The van der Waals surface area contributed by atoms with E-state index in [0.29, 0.717) is 5.56 Å². The molecule has 2 rings (SSSR count). The number of hydrogen-bond donors (Lipinski definition) is 0. The summed E-state index contributed by atoms with van der Waals surface area (Å²) in [4.78, 5) is 0. The SMILES string of the molecule is CC=Cc1c(F)ccc2c1CC[C@H](O[Si](C)(C)C(C)(C)C)O2. The van der Waals surface area contributed by atoms with Crippen molar-refractivity contribution in [3.05, 3.63) is 35.2 Å². The van der Waals surface area contributed by atoms with E-state index in [4.69, 9.17) is 9.16 Å². The van der Waals surface area contributed by atoms with E-state index in [1.807, 2.05) is 19.1 Å². The Morgan fingerprint density at radius 1 is 1.32 bits per heavy atom. The molecule has 1 aliphatic heterocycles. The Morgan fingerprint density at radius 2 is 2.00 bits per heavy atom. The second-order valence-electron chi connectivity index (χ2n) is 7.40. The van der Waals surface area contributed by atoms with Gasteiger partial charge in [-0.3, -0.25) is 0 Å². The molecule has 122 valence electrons. The van der Waals surface area contributed by atoms with E-state index < -0.39 is 8.32 Å². The van der Waals surface area contributed by atoms with Gasteiger partial charge in [0.25, 0.3) is 0 Å². The Labute approximate surface area is 134 Å². The summed E-state index contributed by atoms with van der Waals surface area (Å²) < 4.78 is 26.3. The summed E-state index contributed by atoms with van der Waals surface area (Å²) in [5.74, 6) is 0.564. The maximum Gasteiger partial charge on any atom is 0.196 e. The Kier molecular flexibility index (Phi) is 4.83. The van der Waals surface area contributed by atoms with E-state index in [1.165, 1.54) is 6.07 Å². The lowest BCUT2D eigenvalue weighted by Crippen LogP contribution is -2.46. The van der Waals surface area contributed by atoms with Crippen molar-refractivity contribution in [1.82, 2.24) is 0 Å². The van der Waals surface area contributed by atoms with Gasteiger partial charge >= 0.3 is 0 Å². The van der Waals surface area contributed by atoms with Crippen LogP contribution in [0.15, 0.2) is 18.2 Å². The van der Waals surface area contributed by atoms with Gasteiger partial charge in [0, 0.05) is 17.5 Å². The van der Waals surface area contributed by atoms with Gasteiger partial charge in [0.1, 0.15) is 11.6 Å². The molecular formula is C18H27FO2Si. The van der Waals surface area contributed by atoms with Crippen LogP contribution in [-0.4, -0.2) is 14.6 Å². The van der Waals surface area contributed by atoms with E-state index in [2.05, 4.69) is 33.9 Å². The first-order valence-corrected chi connectivity index (χ1v) is 10.8. The summed E-state index contributed by atoms with van der Waals surface area (Å²) >= 11 is 0. The molecule has 22 heavy (non-hydrogen) atoms. The zero-order valence-electron chi connectivity index (χ0n) is 14.5. The van der Waals surface area contributed by atoms with Crippen molar-refractivity contribution in [1.29, 1.82) is 0 Å². The zero-order valence-corrected chi connectivity index (χ0v) is 15.5. The second-order valence-corrected chi connectivity index (χ2v) is 12.2. The average Bonchev–Trinajstić information content (AvgIpc) is 2.40. The molecule has 1 aromatic carbocycles. The van der Waals surface area contributed by atoms with Crippen LogP contribution in [0.4, 0.5) is 4.39 Å². The number of fused-ring (bicyclic) bond motifs is 1. The predicted octanol–water partition coefficient (Wildman–Crippen LogP) is 5.53. The first-order chi connectivity index (χ1) is 10.2. The van der Waals surface area contributed by atoms with Crippen molar-refractivity contribution < 1.29 is 13.6 Å². The van der Waals surface area contributed by atoms with Crippen LogP contribution < -0.4 is 4.74 Å². The molecule has 0 unspecified atom stereocenters. The van der Waals surface area contributed by atoms with Gasteiger partial charge in [0.15, 0.2) is 14.6 Å². The summed E-state index contributed by atoms with van der Waals surface area (Å²) in [5, 5.41) is 0.148. The Hall–Kier alpha value is -1.13. The van der Waals surface area contributed by atoms with E-state index in [0.717, 1.165) is 24.2 Å². The third kappa shape index (κ3) is 3.44. The first kappa shape index (κ1) is 17.2. The molecule has 1 atom stereocenters. The van der Waals surface area contributed by atoms with Gasteiger partial charge < -0.3 is 9.16 Å². The number of halogens is 1. The molecule has 1 aliphatic rings. The number of benzene rings is 1. The van der Waals surface area contributed by atoms with Crippen molar-refractivity contribution >= 4 is 14.4 Å². The van der Waals surface area contributed by atoms with Gasteiger partial charge in [0.05, 0.1) is 0 Å². The van der Waals surface area contributed by atoms with Crippen LogP contribution in [0.25, 0.3) is 6.08 Å². The lowest BCUT2D eigenvalue weighted by molar-refractivity contribution is -0.0207. The summed E-state index contributed by atoms with van der Waals surface area (Å²) in [6.07, 6.45) is 5.00. The molecule has 2 nitrogen and oxygen atoms in total. The molecule has 0 N–H and O–H groups in total. The largest absolute Gasteiger partial charge is 0.466 e. The van der Waals surface area contributed by atoms with Gasteiger partial charge in [-0.25, -0.2) is 4.39 Å². The highest BCUT2D eigenvalue weighted by Gasteiger charge is 2.40. The van der Waals surface area contributed by atoms with Crippen LogP contribution in [-0.2, 0) is 10.8 Å². The minimum Gasteiger partial charge on any atom is -0.466 e. The molecule has 1 aromatic rings. The van der Waals surface area contributed by atoms with Crippen molar-refractivity contribution in [2.24, 2.45) is 0 Å². The van der Waals surface area contributed by atoms with E-state index in [-0.39, 0.29) is 17.1 Å². The van der Waals surface area contributed by atoms with Crippen molar-refractivity contribution in [3.8, 4) is 5.75 Å². The van der Waals surface area contributed by atoms with Crippen LogP contribution in [0.3, 0.4) is 0 Å². The van der Waals surface area contributed by atoms with Gasteiger partial charge in [0.2, 0.25) is 0 Å². The molecule has 0 aromatic heterocycles. The minimum absolute atomic E-state index is 0.148. The predicted molar refractivity (Wildman–Crippen MR) is 92.1 cm³/mol. The standard InChI is InChI=1S/C18H27FO2Si/c1-7-8-13-14-9-12-17(20-16(14)11-10-15(13)19)21-22(5,6)18(2,3)4/h7-8,10-11,17H,9,12H2,1-6H3/t17-/m0/s1. The molecular weight excluding hydrogens is 295 g/mol. The third-order valence-electron chi connectivity index (χ3n) is 4.71. The summed E-state index contributed by atoms with van der Waals surface area (Å²) in [6, 6.07) is 3.20. The molecule has 0 saturated heterocycles. The number of hydrogen-bond acceptors (Lipinski definition) is 2. The van der Waals surface area contributed by atoms with Crippen LogP contribution in [0.5, 0.6) is 5.75 Å². The maximum atomic E-state index is 14.0. The van der Waals surface area contributed by atoms with Crippen LogP contribution in [0, 0.1) is 5.82 Å². The fourth-order valence-corrected chi connectivity index (χ4v) is 3.56. The zero-order chi connectivity index (χ0) is 16.5. The van der Waals surface area contributed by atoms with Gasteiger partial charge in [-0.05, 0) is 43.6 Å². The number of ether oxygens (including phenoxy) is 1. The Bertz CT molecular complexity index is 573. The number of rotatable bonds is 3. The van der Waals surface area contributed by atoms with Crippen LogP contribution >= 0.6 is 0 Å². The average molecular weight is 322 g/mol. The molecule has 4 heteroatoms. The van der Waals surface area contributed by atoms with Gasteiger partial charge in [-0.15, -0.1) is 0 Å². The molecule has 0 amide bonds. The van der Waals surface area contributed by atoms with Crippen molar-refractivity contribution in [2.45, 2.75) is 65.0 Å². The minimum atomic E-state index is -1.87. The normalized spacial score (nSPS) is 19.1. The highest BCUT2D eigenvalue weighted by atomic mass is 28.4. The lowest BCUT2D eigenvalue weighted by Gasteiger charge is -2.40. The van der Waals surface area contributed by atoms with Crippen LogP contribution in [0.2, 0.25) is 18.1 Å². The molecule has 0 fully saturated rings. The smallest absolute Gasteiger partial charge is 0.196 e. The summed E-state index contributed by atoms with van der Waals surface area (Å²) in [7, 11) is -1.87. The highest BCUT2D eigenvalue weighted by molar-refractivity contribution is 6.74. The first-order valence-electron chi connectivity index (χ1n) is 7.94. The van der Waals surface area contributed by atoms with E-state index in [1.54, 1.807) is 6.07 Å². The third-order valence-corrected chi connectivity index (χ3v) is 9.18. The lowest BCUT2D eigenvalue weighted by atomic mass is 9.98. The highest BCUT2D eigenvalue weighted by Crippen LogP contribution is 2.40. The Balaban J connectivity index is 2.21. The molecule has 1 heterocycles. The van der Waals surface area contributed by atoms with Crippen molar-refractivity contribution in [3.63, 3.8) is 0 Å². The Morgan fingerprint density at radius 3 is 2.59 bits per heavy atom. The molecule has 0 spiro atoms. The quantitative estimate of drug-likeness (QED) is 0.681. The van der Waals surface area contributed by atoms with E-state index in [9.17, 15) is 4.39 Å². The fourth-order valence-electron chi connectivity index (χ4n) is 2.38. The maximum absolute atomic E-state index is 14.0. The molecule has 0 bridgehead atoms. The molecule has 0 aliphatic carbocycles. The monoisotopic (exact) mass is 322 g/mol. The van der Waals surface area contributed by atoms with Gasteiger partial charge in [-0.2, -0.15) is 0 Å². The van der Waals surface area contributed by atoms with E-state index >= 15 is 0 Å². The number of allylic oxidation sites excluding steroid dienone is 1. The topological polar surface area (TPSA) is 18.5 Å². The molecule has 0 radical (unpaired) electrons. The summed E-state index contributed by atoms with van der Waals surface area (Å²) in [6.45, 7) is 13.0. The van der Waals surface area contributed by atoms with Crippen molar-refractivity contribution in [2.75, 3.05) is 0 Å². The van der Waals surface area contributed by atoms with Gasteiger partial charge in [-0.1, -0.05) is 32.9 Å². The summed E-state index contributed by atoms with van der Waals surface area (Å²) in [5.41, 5.74) is 1.60. The fraction of sp³-hybridized carbons (Fsp3) is 0.556. The van der Waals surface area contributed by atoms with Crippen LogP contribution in [0.1, 0.15) is 45.2 Å².